The topological polar surface area (TPSA) is 218 Å². The van der Waals surface area contributed by atoms with Crippen LogP contribution in [0.25, 0.3) is 6.08 Å². The van der Waals surface area contributed by atoms with Crippen molar-refractivity contribution in [2.45, 2.75) is 45.4 Å². The van der Waals surface area contributed by atoms with Crippen LogP contribution in [0, 0.1) is 6.92 Å². The number of hydrogen-bond donors (Lipinski definition) is 1. The van der Waals surface area contributed by atoms with Crippen molar-refractivity contribution in [2.75, 3.05) is 12.3 Å². The van der Waals surface area contributed by atoms with Crippen molar-refractivity contribution < 1.29 is 79.0 Å². The number of nitrogens with two attached hydrogens (primary N) is 1. The van der Waals surface area contributed by atoms with Crippen LogP contribution in [0.5, 0.6) is 0 Å². The number of aromatic nitrogens is 2. The molecule has 1 aromatic rings. The van der Waals surface area contributed by atoms with Crippen molar-refractivity contribution in [3.8, 4) is 0 Å². The molecule has 0 amide bonds. The number of nitrogen functional groups attached to an aromatic ring is 1. The van der Waals surface area contributed by atoms with Gasteiger partial charge < -0.3 is 41.2 Å². The van der Waals surface area contributed by atoms with E-state index in [4.69, 9.17) is 10.5 Å². The zero-order valence-electron chi connectivity index (χ0n) is 17.9. The van der Waals surface area contributed by atoms with E-state index in [1.165, 1.54) is 10.8 Å². The molecule has 2 heterocycles. The molecule has 1 aliphatic rings. The van der Waals surface area contributed by atoms with E-state index in [1.54, 1.807) is 13.0 Å². The normalized spacial score (nSPS) is 22.5. The van der Waals surface area contributed by atoms with Gasteiger partial charge in [0.1, 0.15) is 20.3 Å². The number of hydrogen-bond acceptors (Lipinski definition) is 13. The Morgan fingerprint density at radius 3 is 2.58 bits per heavy atom. The van der Waals surface area contributed by atoms with Crippen LogP contribution < -0.4 is 26.1 Å². The van der Waals surface area contributed by atoms with Gasteiger partial charge in [0.25, 0.3) is 15.6 Å². The molecule has 2 N–H and O–H groups in total. The molecule has 18 heteroatoms. The van der Waals surface area contributed by atoms with Crippen LogP contribution in [0.2, 0.25) is 0 Å². The summed E-state index contributed by atoms with van der Waals surface area (Å²) < 4.78 is 51.2. The standard InChI is InChI=1S/C13H22N3O11P3.C2H5.Y/c1-2-3-4-9-7-16(13(17)15-12(9)14)11-6-5-10(25-11)8-24-29(20,21)27-30(22,23)26-28(18)19;1-2;/h3-4,7,10-11,28H,2,5-6,8H2,1H3,(H,18,19)(H,20,21)(H,22,23)(H2,14,15,17);1H2,2H3;/q;-1;/p-3/b4-3+;;/t10-,11+;;/m0../s1. The van der Waals surface area contributed by atoms with Gasteiger partial charge in [-0.05, 0) is 19.3 Å². The van der Waals surface area contributed by atoms with Crippen LogP contribution in [-0.2, 0) is 64.3 Å². The Hall–Kier alpha value is -0.0661. The first kappa shape index (κ1) is 32.9. The number of anilines is 1. The van der Waals surface area contributed by atoms with Crippen molar-refractivity contribution in [2.24, 2.45) is 0 Å². The summed E-state index contributed by atoms with van der Waals surface area (Å²) in [5.74, 6) is 0.0492. The van der Waals surface area contributed by atoms with Crippen molar-refractivity contribution in [1.82, 2.24) is 9.55 Å². The summed E-state index contributed by atoms with van der Waals surface area (Å²) in [6.07, 6.45) is 4.68. The third-order valence-corrected chi connectivity index (χ3v) is 7.30. The summed E-state index contributed by atoms with van der Waals surface area (Å²) in [5.41, 5.74) is 5.56. The van der Waals surface area contributed by atoms with Crippen LogP contribution in [0.3, 0.4) is 0 Å². The Morgan fingerprint density at radius 1 is 1.36 bits per heavy atom. The van der Waals surface area contributed by atoms with Gasteiger partial charge in [0, 0.05) is 44.5 Å². The van der Waals surface area contributed by atoms with Crippen LogP contribution in [0.15, 0.2) is 17.1 Å². The zero-order chi connectivity index (χ0) is 24.5. The van der Waals surface area contributed by atoms with Crippen molar-refractivity contribution in [3.05, 3.63) is 35.2 Å². The van der Waals surface area contributed by atoms with Gasteiger partial charge in [0.15, 0.2) is 0 Å². The zero-order valence-corrected chi connectivity index (χ0v) is 23.5. The summed E-state index contributed by atoms with van der Waals surface area (Å²) in [5, 5.41) is 0. The van der Waals surface area contributed by atoms with Gasteiger partial charge in [-0.25, -0.2) is 9.11 Å². The van der Waals surface area contributed by atoms with Crippen LogP contribution in [-0.4, -0.2) is 22.3 Å². The Balaban J connectivity index is 0.00000332. The monoisotopic (exact) mass is 604 g/mol. The minimum Gasteiger partial charge on any atom is -0.781 e. The van der Waals surface area contributed by atoms with Gasteiger partial charge in [0.2, 0.25) is 0 Å². The van der Waals surface area contributed by atoms with Crippen LogP contribution in [0.1, 0.15) is 44.9 Å². The second-order valence-electron chi connectivity index (χ2n) is 5.99. The van der Waals surface area contributed by atoms with Crippen LogP contribution in [0.4, 0.5) is 5.82 Å². The molecule has 0 aromatic carbocycles. The quantitative estimate of drug-likeness (QED) is 0.285. The second-order valence-corrected chi connectivity index (χ2v) is 9.92. The SMILES string of the molecule is CC/C=C/c1cn([C@H]2CC[C@@H](COP(=O)([O-])OP(=O)([O-])O[PH](=O)[O-])O2)c(=O)nc1N.[CH2-]C.[Y]. The summed E-state index contributed by atoms with van der Waals surface area (Å²) in [7, 11) is -15.4. The molecule has 1 fully saturated rings. The van der Waals surface area contributed by atoms with E-state index in [0.29, 0.717) is 12.0 Å². The van der Waals surface area contributed by atoms with Crippen molar-refractivity contribution in [3.63, 3.8) is 0 Å². The molecule has 0 aliphatic carbocycles. The molecule has 5 atom stereocenters. The third kappa shape index (κ3) is 11.5. The first-order valence-electron chi connectivity index (χ1n) is 9.22. The summed E-state index contributed by atoms with van der Waals surface area (Å²) in [6, 6.07) is 0. The summed E-state index contributed by atoms with van der Waals surface area (Å²) >= 11 is 0. The molecule has 0 saturated carbocycles. The van der Waals surface area contributed by atoms with Crippen molar-refractivity contribution >= 4 is 35.8 Å². The number of rotatable bonds is 10. The van der Waals surface area contributed by atoms with Gasteiger partial charge in [-0.15, -0.1) is 0 Å². The molecule has 0 spiro atoms. The minimum atomic E-state index is -5.66. The smallest absolute Gasteiger partial charge is 0.351 e. The average Bonchev–Trinajstić information content (AvgIpc) is 3.14. The molecule has 1 aliphatic heterocycles. The minimum absolute atomic E-state index is 0. The molecule has 187 valence electrons. The Morgan fingerprint density at radius 2 is 2.00 bits per heavy atom. The summed E-state index contributed by atoms with van der Waals surface area (Å²) in [4.78, 5) is 48.8. The Kier molecular flexibility index (Phi) is 15.1. The Bertz CT molecular complexity index is 974. The number of nitrogens with zero attached hydrogens (tertiary/aromatic N) is 2. The molecular formula is C15H24N3O11P3Y-4. The van der Waals surface area contributed by atoms with E-state index in [0.717, 1.165) is 6.42 Å². The molecule has 1 saturated heterocycles. The largest absolute Gasteiger partial charge is 0.781 e. The molecule has 2 rings (SSSR count). The number of ether oxygens (including phenoxy) is 1. The van der Waals surface area contributed by atoms with Gasteiger partial charge in [-0.2, -0.15) is 11.9 Å². The third-order valence-electron chi connectivity index (χ3n) is 3.74. The molecular weight excluding hydrogens is 580 g/mol. The predicted octanol–water partition coefficient (Wildman–Crippen LogP) is 0.501. The van der Waals surface area contributed by atoms with Gasteiger partial charge in [0.05, 0.1) is 12.7 Å². The van der Waals surface area contributed by atoms with Crippen LogP contribution >= 0.6 is 23.9 Å². The van der Waals surface area contributed by atoms with Crippen molar-refractivity contribution in [1.29, 1.82) is 0 Å². The van der Waals surface area contributed by atoms with Gasteiger partial charge in [-0.3, -0.25) is 18.0 Å². The van der Waals surface area contributed by atoms with Gasteiger partial charge in [-0.1, -0.05) is 19.1 Å². The maximum absolute atomic E-state index is 12.1. The molecule has 3 unspecified atom stereocenters. The molecule has 33 heavy (non-hydrogen) atoms. The fourth-order valence-electron chi connectivity index (χ4n) is 2.52. The van der Waals surface area contributed by atoms with E-state index in [-0.39, 0.29) is 44.9 Å². The summed E-state index contributed by atoms with van der Waals surface area (Å²) in [6.45, 7) is 6.28. The number of allylic oxidation sites excluding steroid dienone is 1. The fraction of sp³-hybridized carbons (Fsp3) is 0.533. The average molecular weight is 604 g/mol. The molecule has 1 aromatic heterocycles. The second kappa shape index (κ2) is 15.1. The number of phosphoric acid groups is 2. The Labute approximate surface area is 216 Å². The fourth-order valence-corrected chi connectivity index (χ4v) is 5.20. The first-order chi connectivity index (χ1) is 14.9. The predicted molar refractivity (Wildman–Crippen MR) is 109 cm³/mol. The number of phosphoric ester groups is 1. The van der Waals surface area contributed by atoms with Gasteiger partial charge >= 0.3 is 5.69 Å². The van der Waals surface area contributed by atoms with E-state index in [2.05, 4.69) is 25.1 Å². The maximum atomic E-state index is 12.1. The molecule has 1 radical (unpaired) electrons. The first-order valence-corrected chi connectivity index (χ1v) is 13.4. The molecule has 0 bridgehead atoms. The van der Waals surface area contributed by atoms with E-state index in [9.17, 15) is 33.2 Å². The maximum Gasteiger partial charge on any atom is 0.351 e. The van der Waals surface area contributed by atoms with E-state index >= 15 is 0 Å². The molecule has 14 nitrogen and oxygen atoms in total. The van der Waals surface area contributed by atoms with E-state index in [1.807, 2.05) is 13.0 Å². The van der Waals surface area contributed by atoms with E-state index < -0.39 is 48.5 Å².